The van der Waals surface area contributed by atoms with Crippen molar-refractivity contribution in [2.24, 2.45) is 5.92 Å². The van der Waals surface area contributed by atoms with Crippen LogP contribution in [-0.4, -0.2) is 77.7 Å². The third-order valence-electron chi connectivity index (χ3n) is 8.44. The Morgan fingerprint density at radius 1 is 1.18 bits per heavy atom. The number of amides is 2. The van der Waals surface area contributed by atoms with Crippen molar-refractivity contribution >= 4 is 17.6 Å². The first kappa shape index (κ1) is 28.6. The molecule has 1 aromatic heterocycles. The van der Waals surface area contributed by atoms with Gasteiger partial charge in [-0.25, -0.2) is 13.8 Å². The fourth-order valence-corrected chi connectivity index (χ4v) is 6.03. The summed E-state index contributed by atoms with van der Waals surface area (Å²) in [7, 11) is 0. The molecule has 3 aliphatic rings. The van der Waals surface area contributed by atoms with E-state index < -0.39 is 17.7 Å². The van der Waals surface area contributed by atoms with E-state index in [1.807, 2.05) is 11.5 Å². The number of nitrogens with zero attached hydrogens (tertiary/aromatic N) is 3. The summed E-state index contributed by atoms with van der Waals surface area (Å²) >= 11 is 0. The first-order valence-corrected chi connectivity index (χ1v) is 14.6. The zero-order chi connectivity index (χ0) is 28.1. The summed E-state index contributed by atoms with van der Waals surface area (Å²) in [5.74, 6) is -0.874. The van der Waals surface area contributed by atoms with Crippen LogP contribution in [0.2, 0.25) is 0 Å². The number of nitrogens with one attached hydrogen (secondary N) is 3. The second-order valence-electron chi connectivity index (χ2n) is 11.2. The molecule has 1 aliphatic heterocycles. The highest BCUT2D eigenvalue weighted by molar-refractivity contribution is 5.94. The number of anilines is 1. The number of hydrogen-bond acceptors (Lipinski definition) is 6. The van der Waals surface area contributed by atoms with Crippen molar-refractivity contribution in [3.63, 3.8) is 0 Å². The fraction of sp³-hybridized carbons (Fsp3) is 0.621. The Morgan fingerprint density at radius 2 is 2.00 bits per heavy atom. The first-order valence-electron chi connectivity index (χ1n) is 14.6. The van der Waals surface area contributed by atoms with Crippen molar-refractivity contribution in [2.45, 2.75) is 70.0 Å². The molecule has 2 aliphatic carbocycles. The molecule has 2 heterocycles. The number of halogens is 2. The van der Waals surface area contributed by atoms with Gasteiger partial charge in [-0.15, -0.1) is 0 Å². The summed E-state index contributed by atoms with van der Waals surface area (Å²) < 4.78 is 35.2. The Hall–Kier alpha value is -2.89. The summed E-state index contributed by atoms with van der Waals surface area (Å²) in [4.78, 5) is 32.7. The minimum absolute atomic E-state index is 0.0214. The summed E-state index contributed by atoms with van der Waals surface area (Å²) in [6, 6.07) is 1.82. The van der Waals surface area contributed by atoms with Gasteiger partial charge in [0.2, 0.25) is 11.8 Å². The van der Waals surface area contributed by atoms with Crippen LogP contribution in [0.4, 0.5) is 14.6 Å². The molecular weight excluding hydrogens is 518 g/mol. The van der Waals surface area contributed by atoms with E-state index in [2.05, 4.69) is 25.8 Å². The van der Waals surface area contributed by atoms with Gasteiger partial charge in [-0.1, -0.05) is 13.3 Å². The largest absolute Gasteiger partial charge is 0.379 e. The standard InChI is InChI=1S/C29H40F2N6O3/c1-2-3-25(34-21-5-4-19-14-20(30)15-24(31)23(19)16-21)29(39)35-27-17-37(18-33-27)26-7-6-22(26)28(38)32-8-9-36-10-12-40-13-11-36/h14-15,17-18,21-22,25-26,34H,2-13,16H2,1H3,(H,32,38)(H,35,39)/t21-,22-,25-,26-/m0/s1. The van der Waals surface area contributed by atoms with Crippen LogP contribution in [0.3, 0.4) is 0 Å². The quantitative estimate of drug-likeness (QED) is 0.392. The zero-order valence-corrected chi connectivity index (χ0v) is 23.1. The predicted molar refractivity (Wildman–Crippen MR) is 147 cm³/mol. The molecule has 2 fully saturated rings. The van der Waals surface area contributed by atoms with Crippen LogP contribution in [0.1, 0.15) is 56.2 Å². The predicted octanol–water partition coefficient (Wildman–Crippen LogP) is 2.82. The highest BCUT2D eigenvalue weighted by atomic mass is 19.1. The van der Waals surface area contributed by atoms with Gasteiger partial charge in [-0.05, 0) is 55.7 Å². The van der Waals surface area contributed by atoms with Gasteiger partial charge < -0.3 is 25.3 Å². The molecule has 0 spiro atoms. The average molecular weight is 559 g/mol. The highest BCUT2D eigenvalue weighted by Crippen LogP contribution is 2.39. The maximum atomic E-state index is 14.4. The minimum Gasteiger partial charge on any atom is -0.379 e. The number of rotatable bonds is 11. The molecule has 1 saturated heterocycles. The second kappa shape index (κ2) is 13.2. The minimum atomic E-state index is -0.553. The van der Waals surface area contributed by atoms with E-state index in [4.69, 9.17) is 4.74 Å². The number of fused-ring (bicyclic) bond motifs is 1. The van der Waals surface area contributed by atoms with Crippen LogP contribution >= 0.6 is 0 Å². The van der Waals surface area contributed by atoms with E-state index in [-0.39, 0.29) is 29.8 Å². The molecule has 0 unspecified atom stereocenters. The zero-order valence-electron chi connectivity index (χ0n) is 23.1. The fourth-order valence-electron chi connectivity index (χ4n) is 6.03. The number of carbonyl (C=O) groups excluding carboxylic acids is 2. The van der Waals surface area contributed by atoms with Crippen molar-refractivity contribution in [1.29, 1.82) is 0 Å². The summed E-state index contributed by atoms with van der Waals surface area (Å²) in [5, 5.41) is 9.40. The Morgan fingerprint density at radius 3 is 2.75 bits per heavy atom. The monoisotopic (exact) mass is 558 g/mol. The van der Waals surface area contributed by atoms with Crippen molar-refractivity contribution in [3.05, 3.63) is 47.4 Å². The van der Waals surface area contributed by atoms with Crippen molar-refractivity contribution in [2.75, 3.05) is 44.7 Å². The van der Waals surface area contributed by atoms with Gasteiger partial charge in [0.1, 0.15) is 11.6 Å². The molecule has 11 heteroatoms. The van der Waals surface area contributed by atoms with Gasteiger partial charge in [0, 0.05) is 50.5 Å². The van der Waals surface area contributed by atoms with Crippen LogP contribution in [0, 0.1) is 17.6 Å². The lowest BCUT2D eigenvalue weighted by molar-refractivity contribution is -0.129. The van der Waals surface area contributed by atoms with Crippen molar-refractivity contribution < 1.29 is 23.1 Å². The SMILES string of the molecule is CCC[C@H](N[C@H]1CCc2cc(F)cc(F)c2C1)C(=O)Nc1cn([C@H]2CC[C@@H]2C(=O)NCCN2CCOCC2)cn1. The van der Waals surface area contributed by atoms with Crippen molar-refractivity contribution in [1.82, 2.24) is 25.1 Å². The van der Waals surface area contributed by atoms with Crippen LogP contribution in [0.5, 0.6) is 0 Å². The number of carbonyl (C=O) groups is 2. The lowest BCUT2D eigenvalue weighted by atomic mass is 9.78. The van der Waals surface area contributed by atoms with E-state index >= 15 is 0 Å². The number of ether oxygens (including phenoxy) is 1. The average Bonchev–Trinajstić information content (AvgIpc) is 3.36. The highest BCUT2D eigenvalue weighted by Gasteiger charge is 2.38. The Balaban J connectivity index is 1.12. The summed E-state index contributed by atoms with van der Waals surface area (Å²) in [5.41, 5.74) is 1.23. The number of morpholine rings is 1. The van der Waals surface area contributed by atoms with E-state index in [1.165, 1.54) is 6.07 Å². The van der Waals surface area contributed by atoms with Gasteiger partial charge >= 0.3 is 0 Å². The third kappa shape index (κ3) is 6.87. The maximum Gasteiger partial charge on any atom is 0.242 e. The maximum absolute atomic E-state index is 14.4. The van der Waals surface area contributed by atoms with Gasteiger partial charge in [-0.3, -0.25) is 14.5 Å². The smallest absolute Gasteiger partial charge is 0.242 e. The van der Waals surface area contributed by atoms with Gasteiger partial charge in [0.05, 0.1) is 31.5 Å². The molecular formula is C29H40F2N6O3. The molecule has 1 saturated carbocycles. The molecule has 2 amide bonds. The van der Waals surface area contributed by atoms with E-state index in [1.54, 1.807) is 12.5 Å². The molecule has 4 atom stereocenters. The van der Waals surface area contributed by atoms with Crippen molar-refractivity contribution in [3.8, 4) is 0 Å². The van der Waals surface area contributed by atoms with Crippen LogP contribution < -0.4 is 16.0 Å². The second-order valence-corrected chi connectivity index (χ2v) is 11.2. The first-order chi connectivity index (χ1) is 19.4. The molecule has 9 nitrogen and oxygen atoms in total. The van der Waals surface area contributed by atoms with E-state index in [0.29, 0.717) is 49.2 Å². The van der Waals surface area contributed by atoms with Gasteiger partial charge in [0.15, 0.2) is 5.82 Å². The number of benzene rings is 1. The summed E-state index contributed by atoms with van der Waals surface area (Å²) in [6.45, 7) is 6.73. The molecule has 3 N–H and O–H groups in total. The van der Waals surface area contributed by atoms with Crippen LogP contribution in [0.25, 0.3) is 0 Å². The number of imidazole rings is 1. The molecule has 0 radical (unpaired) electrons. The number of aromatic nitrogens is 2. The third-order valence-corrected chi connectivity index (χ3v) is 8.44. The molecule has 2 aromatic rings. The topological polar surface area (TPSA) is 101 Å². The molecule has 40 heavy (non-hydrogen) atoms. The molecule has 1 aromatic carbocycles. The van der Waals surface area contributed by atoms with Crippen LogP contribution in [-0.2, 0) is 27.2 Å². The molecule has 0 bridgehead atoms. The Labute approximate surface area is 234 Å². The number of hydrogen-bond donors (Lipinski definition) is 3. The van der Waals surface area contributed by atoms with Gasteiger partial charge in [0.25, 0.3) is 0 Å². The van der Waals surface area contributed by atoms with E-state index in [0.717, 1.165) is 58.2 Å². The van der Waals surface area contributed by atoms with E-state index in [9.17, 15) is 18.4 Å². The lowest BCUT2D eigenvalue weighted by Gasteiger charge is -2.36. The van der Waals surface area contributed by atoms with Crippen LogP contribution in [0.15, 0.2) is 24.7 Å². The van der Waals surface area contributed by atoms with Gasteiger partial charge in [-0.2, -0.15) is 0 Å². The normalized spacial score (nSPS) is 23.6. The molecule has 5 rings (SSSR count). The Bertz CT molecular complexity index is 1180. The molecule has 218 valence electrons. The number of aryl methyl sites for hydroxylation is 1. The Kier molecular flexibility index (Phi) is 9.44. The summed E-state index contributed by atoms with van der Waals surface area (Å²) in [6.07, 6.45) is 8.29. The lowest BCUT2D eigenvalue weighted by Crippen LogP contribution is -2.48.